The molecule has 0 radical (unpaired) electrons. The summed E-state index contributed by atoms with van der Waals surface area (Å²) in [6, 6.07) is 5.40. The van der Waals surface area contributed by atoms with Crippen LogP contribution >= 0.6 is 0 Å². The fraction of sp³-hybridized carbons (Fsp3) is 0.440. The number of halogens is 6. The molecule has 3 aromatic rings. The lowest BCUT2D eigenvalue weighted by Gasteiger charge is -2.40. The van der Waals surface area contributed by atoms with Crippen LogP contribution < -0.4 is 5.32 Å². The molecule has 1 fully saturated rings. The highest BCUT2D eigenvalue weighted by molar-refractivity contribution is 5.85. The Morgan fingerprint density at radius 2 is 1.80 bits per heavy atom. The first kappa shape index (κ1) is 24.0. The molecule has 1 aromatic heterocycles. The maximum Gasteiger partial charge on any atom is 0.251 e. The zero-order valence-corrected chi connectivity index (χ0v) is 18.9. The highest BCUT2D eigenvalue weighted by Gasteiger charge is 2.37. The number of rotatable bonds is 8. The highest BCUT2D eigenvalue weighted by Crippen LogP contribution is 2.41. The third-order valence-electron chi connectivity index (χ3n) is 6.85. The molecule has 2 N–H and O–H groups in total. The number of aromatic nitrogens is 1. The van der Waals surface area contributed by atoms with Crippen LogP contribution in [0.3, 0.4) is 0 Å². The number of fused-ring (bicyclic) bond motifs is 3. The molecule has 1 saturated heterocycles. The summed E-state index contributed by atoms with van der Waals surface area (Å²) in [5, 5.41) is 3.67. The molecule has 0 bridgehead atoms. The molecule has 2 aromatic carbocycles. The second-order valence-corrected chi connectivity index (χ2v) is 9.24. The summed E-state index contributed by atoms with van der Waals surface area (Å²) in [6.45, 7) is 1.04. The van der Waals surface area contributed by atoms with Crippen LogP contribution in [0.15, 0.2) is 30.3 Å². The van der Waals surface area contributed by atoms with E-state index in [4.69, 9.17) is 0 Å². The zero-order valence-electron chi connectivity index (χ0n) is 18.9. The lowest BCUT2D eigenvalue weighted by atomic mass is 9.91. The van der Waals surface area contributed by atoms with E-state index in [9.17, 15) is 17.6 Å². The lowest BCUT2D eigenvalue weighted by Crippen LogP contribution is -2.54. The number of hydrogen-bond donors (Lipinski definition) is 2. The van der Waals surface area contributed by atoms with Crippen LogP contribution in [0.1, 0.15) is 29.3 Å². The van der Waals surface area contributed by atoms with Crippen molar-refractivity contribution in [2.24, 2.45) is 0 Å². The van der Waals surface area contributed by atoms with Gasteiger partial charge >= 0.3 is 0 Å². The number of H-pyrrole nitrogens is 1. The standard InChI is InChI=1S/C25H26F6N4/c26-5-1-6-34-11-16(12-34)32-15-9-19(28)23(20(29)10-15)25-24-17(4-7-35(25)13-22(30)31)18-8-14(27)2-3-21(18)33-24/h2-3,8-10,16,22,25,32-33H,1,4-7,11-13H2. The van der Waals surface area contributed by atoms with Gasteiger partial charge in [0, 0.05) is 54.0 Å². The molecule has 5 rings (SSSR count). The first-order valence-corrected chi connectivity index (χ1v) is 11.7. The third kappa shape index (κ3) is 4.73. The first-order chi connectivity index (χ1) is 16.8. The number of benzene rings is 2. The van der Waals surface area contributed by atoms with Crippen molar-refractivity contribution in [3.05, 3.63) is 64.6 Å². The van der Waals surface area contributed by atoms with E-state index in [-0.39, 0.29) is 30.5 Å². The van der Waals surface area contributed by atoms with Gasteiger partial charge < -0.3 is 10.3 Å². The van der Waals surface area contributed by atoms with Crippen molar-refractivity contribution in [3.63, 3.8) is 0 Å². The van der Waals surface area contributed by atoms with E-state index >= 15 is 8.78 Å². The van der Waals surface area contributed by atoms with Crippen LogP contribution in [-0.4, -0.2) is 66.6 Å². The molecular formula is C25H26F6N4. The normalized spacial score (nSPS) is 19.3. The number of nitrogens with zero attached hydrogens (tertiary/aromatic N) is 2. The average molecular weight is 496 g/mol. The number of hydrogen-bond acceptors (Lipinski definition) is 3. The summed E-state index contributed by atoms with van der Waals surface area (Å²) in [5.74, 6) is -2.14. The van der Waals surface area contributed by atoms with Crippen molar-refractivity contribution < 1.29 is 26.3 Å². The molecule has 2 aliphatic rings. The van der Waals surface area contributed by atoms with E-state index in [2.05, 4.69) is 10.3 Å². The fourth-order valence-electron chi connectivity index (χ4n) is 5.30. The maximum atomic E-state index is 15.4. The Labute approximate surface area is 198 Å². The Morgan fingerprint density at radius 1 is 1.06 bits per heavy atom. The van der Waals surface area contributed by atoms with Crippen molar-refractivity contribution in [3.8, 4) is 0 Å². The molecule has 2 aliphatic heterocycles. The van der Waals surface area contributed by atoms with Gasteiger partial charge in [-0.3, -0.25) is 14.2 Å². The topological polar surface area (TPSA) is 34.3 Å². The van der Waals surface area contributed by atoms with Gasteiger partial charge in [0.2, 0.25) is 0 Å². The molecule has 0 saturated carbocycles. The number of alkyl halides is 3. The Balaban J connectivity index is 1.46. The zero-order chi connectivity index (χ0) is 24.7. The SMILES string of the molecule is FCCCN1CC(Nc2cc(F)c(C3c4[nH]c5ccc(F)cc5c4CCN3CC(F)F)c(F)c2)C1. The van der Waals surface area contributed by atoms with Gasteiger partial charge in [-0.05, 0) is 48.7 Å². The Hall–Kier alpha value is -2.72. The average Bonchev–Trinajstić information content (AvgIpc) is 3.13. The van der Waals surface area contributed by atoms with Crippen molar-refractivity contribution >= 4 is 16.6 Å². The largest absolute Gasteiger partial charge is 0.380 e. The molecule has 3 heterocycles. The summed E-state index contributed by atoms with van der Waals surface area (Å²) in [5.41, 5.74) is 1.61. The number of nitrogens with one attached hydrogen (secondary N) is 2. The van der Waals surface area contributed by atoms with Crippen LogP contribution in [0, 0.1) is 17.5 Å². The lowest BCUT2D eigenvalue weighted by molar-refractivity contribution is 0.0680. The third-order valence-corrected chi connectivity index (χ3v) is 6.85. The predicted molar refractivity (Wildman–Crippen MR) is 122 cm³/mol. The van der Waals surface area contributed by atoms with Gasteiger partial charge in [0.05, 0.1) is 25.3 Å². The van der Waals surface area contributed by atoms with Gasteiger partial charge in [-0.1, -0.05) is 0 Å². The molecule has 0 spiro atoms. The van der Waals surface area contributed by atoms with Crippen LogP contribution in [0.5, 0.6) is 0 Å². The van der Waals surface area contributed by atoms with Crippen molar-refractivity contribution in [2.45, 2.75) is 31.4 Å². The Morgan fingerprint density at radius 3 is 2.49 bits per heavy atom. The monoisotopic (exact) mass is 496 g/mol. The molecular weight excluding hydrogens is 470 g/mol. The second kappa shape index (κ2) is 9.73. The summed E-state index contributed by atoms with van der Waals surface area (Å²) in [7, 11) is 0. The minimum absolute atomic E-state index is 0.0144. The second-order valence-electron chi connectivity index (χ2n) is 9.24. The Kier molecular flexibility index (Phi) is 6.67. The Bertz CT molecular complexity index is 1180. The van der Waals surface area contributed by atoms with Gasteiger partial charge in [0.1, 0.15) is 17.5 Å². The maximum absolute atomic E-state index is 15.4. The quantitative estimate of drug-likeness (QED) is 0.418. The fourth-order valence-corrected chi connectivity index (χ4v) is 5.30. The summed E-state index contributed by atoms with van der Waals surface area (Å²) in [6.07, 6.45) is -1.89. The van der Waals surface area contributed by atoms with Gasteiger partial charge in [0.25, 0.3) is 6.43 Å². The van der Waals surface area contributed by atoms with Crippen LogP contribution in [0.2, 0.25) is 0 Å². The number of aromatic amines is 1. The van der Waals surface area contributed by atoms with Crippen LogP contribution in [0.4, 0.5) is 32.0 Å². The molecule has 35 heavy (non-hydrogen) atoms. The van der Waals surface area contributed by atoms with Crippen molar-refractivity contribution in [1.29, 1.82) is 0 Å². The summed E-state index contributed by atoms with van der Waals surface area (Å²) >= 11 is 0. The smallest absolute Gasteiger partial charge is 0.251 e. The predicted octanol–water partition coefficient (Wildman–Crippen LogP) is 5.25. The summed E-state index contributed by atoms with van der Waals surface area (Å²) < 4.78 is 83.8. The van der Waals surface area contributed by atoms with E-state index < -0.39 is 36.5 Å². The minimum Gasteiger partial charge on any atom is -0.380 e. The minimum atomic E-state index is -2.69. The van der Waals surface area contributed by atoms with Gasteiger partial charge in [0.15, 0.2) is 0 Å². The van der Waals surface area contributed by atoms with Gasteiger partial charge in [-0.2, -0.15) is 0 Å². The van der Waals surface area contributed by atoms with E-state index in [0.717, 1.165) is 0 Å². The molecule has 10 heteroatoms. The van der Waals surface area contributed by atoms with Gasteiger partial charge in [-0.15, -0.1) is 0 Å². The van der Waals surface area contributed by atoms with Crippen molar-refractivity contribution in [1.82, 2.24) is 14.8 Å². The van der Waals surface area contributed by atoms with Crippen molar-refractivity contribution in [2.75, 3.05) is 44.7 Å². The van der Waals surface area contributed by atoms with E-state index in [0.29, 0.717) is 54.6 Å². The number of anilines is 1. The van der Waals surface area contributed by atoms with Crippen LogP contribution in [-0.2, 0) is 6.42 Å². The molecule has 0 aliphatic carbocycles. The highest BCUT2D eigenvalue weighted by atomic mass is 19.3. The molecule has 0 amide bonds. The molecule has 1 unspecified atom stereocenters. The molecule has 1 atom stereocenters. The van der Waals surface area contributed by atoms with E-state index in [1.807, 2.05) is 4.90 Å². The first-order valence-electron chi connectivity index (χ1n) is 11.7. The van der Waals surface area contributed by atoms with E-state index in [1.54, 1.807) is 0 Å². The molecule has 4 nitrogen and oxygen atoms in total. The summed E-state index contributed by atoms with van der Waals surface area (Å²) in [4.78, 5) is 6.51. The van der Waals surface area contributed by atoms with E-state index in [1.165, 1.54) is 35.2 Å². The van der Waals surface area contributed by atoms with Gasteiger partial charge in [-0.25, -0.2) is 22.0 Å². The number of likely N-dealkylation sites (tertiary alicyclic amines) is 1. The van der Waals surface area contributed by atoms with Crippen LogP contribution in [0.25, 0.3) is 10.9 Å². The molecule has 188 valence electrons.